The minimum atomic E-state index is -1.06. The number of anilines is 1. The molecule has 0 saturated carbocycles. The van der Waals surface area contributed by atoms with Gasteiger partial charge in [0.1, 0.15) is 0 Å². The first kappa shape index (κ1) is 18.5. The number of benzene rings is 1. The highest BCUT2D eigenvalue weighted by Gasteiger charge is 2.28. The number of nitrogens with one attached hydrogen (secondary N) is 2. The summed E-state index contributed by atoms with van der Waals surface area (Å²) in [5.41, 5.74) is 0.237. The van der Waals surface area contributed by atoms with Crippen LogP contribution in [0.3, 0.4) is 0 Å². The van der Waals surface area contributed by atoms with Crippen LogP contribution in [0.25, 0.3) is 0 Å². The minimum absolute atomic E-state index is 0.00192. The van der Waals surface area contributed by atoms with Crippen LogP contribution in [0.15, 0.2) is 18.2 Å². The van der Waals surface area contributed by atoms with Gasteiger partial charge in [-0.25, -0.2) is 0 Å². The maximum atomic E-state index is 11.9. The molecule has 3 N–H and O–H groups in total. The van der Waals surface area contributed by atoms with Crippen molar-refractivity contribution in [3.05, 3.63) is 28.8 Å². The topological polar surface area (TPSA) is 78.4 Å². The molecule has 0 aromatic heterocycles. The van der Waals surface area contributed by atoms with Gasteiger partial charge in [0.15, 0.2) is 0 Å². The second-order valence-corrected chi connectivity index (χ2v) is 6.19. The van der Waals surface area contributed by atoms with Crippen LogP contribution < -0.4 is 10.6 Å². The van der Waals surface area contributed by atoms with Crippen LogP contribution >= 0.6 is 11.6 Å². The molecule has 0 aliphatic rings. The van der Waals surface area contributed by atoms with E-state index in [-0.39, 0.29) is 12.5 Å². The van der Waals surface area contributed by atoms with Crippen molar-refractivity contribution < 1.29 is 14.7 Å². The van der Waals surface area contributed by atoms with Crippen molar-refractivity contribution in [3.8, 4) is 0 Å². The summed E-state index contributed by atoms with van der Waals surface area (Å²) in [4.78, 5) is 23.7. The molecule has 0 aliphatic heterocycles. The Morgan fingerprint density at radius 3 is 2.59 bits per heavy atom. The third kappa shape index (κ3) is 5.00. The number of carbonyl (C=O) groups excluding carboxylic acids is 2. The molecule has 0 aliphatic carbocycles. The second-order valence-electron chi connectivity index (χ2n) is 5.79. The number of hydrogen-bond donors (Lipinski definition) is 3. The zero-order valence-electron chi connectivity index (χ0n) is 13.4. The molecule has 1 aromatic rings. The fraction of sp³-hybridized carbons (Fsp3) is 0.500. The SMILES string of the molecule is CCC(C)C(C)(O)CNC(=O)C(=O)Nc1cc(C)ccc1Cl. The molecular weight excluding hydrogens is 304 g/mol. The van der Waals surface area contributed by atoms with E-state index in [0.29, 0.717) is 10.7 Å². The summed E-state index contributed by atoms with van der Waals surface area (Å²) in [6.07, 6.45) is 0.772. The predicted octanol–water partition coefficient (Wildman–Crippen LogP) is 2.50. The monoisotopic (exact) mass is 326 g/mol. The summed E-state index contributed by atoms with van der Waals surface area (Å²) < 4.78 is 0. The molecule has 2 amide bonds. The van der Waals surface area contributed by atoms with Gasteiger partial charge in [0.05, 0.1) is 16.3 Å². The highest BCUT2D eigenvalue weighted by molar-refractivity contribution is 6.41. The molecule has 6 heteroatoms. The Morgan fingerprint density at radius 1 is 1.36 bits per heavy atom. The molecule has 2 atom stereocenters. The zero-order valence-corrected chi connectivity index (χ0v) is 14.1. The highest BCUT2D eigenvalue weighted by atomic mass is 35.5. The van der Waals surface area contributed by atoms with E-state index in [0.717, 1.165) is 12.0 Å². The Morgan fingerprint density at radius 2 is 2.00 bits per heavy atom. The van der Waals surface area contributed by atoms with Crippen molar-refractivity contribution in [2.75, 3.05) is 11.9 Å². The molecular formula is C16H23ClN2O3. The van der Waals surface area contributed by atoms with Gasteiger partial charge in [-0.1, -0.05) is 37.9 Å². The summed E-state index contributed by atoms with van der Waals surface area (Å²) in [6.45, 7) is 7.34. The molecule has 1 aromatic carbocycles. The van der Waals surface area contributed by atoms with Gasteiger partial charge >= 0.3 is 11.8 Å². The van der Waals surface area contributed by atoms with Crippen LogP contribution in [-0.4, -0.2) is 29.1 Å². The van der Waals surface area contributed by atoms with Crippen molar-refractivity contribution >= 4 is 29.1 Å². The summed E-state index contributed by atoms with van der Waals surface area (Å²) in [7, 11) is 0. The van der Waals surface area contributed by atoms with E-state index in [1.54, 1.807) is 25.1 Å². The van der Waals surface area contributed by atoms with Crippen LogP contribution in [0.5, 0.6) is 0 Å². The van der Waals surface area contributed by atoms with Crippen LogP contribution in [-0.2, 0) is 9.59 Å². The van der Waals surface area contributed by atoms with Gasteiger partial charge in [-0.15, -0.1) is 0 Å². The number of hydrogen-bond acceptors (Lipinski definition) is 3. The first-order valence-electron chi connectivity index (χ1n) is 7.25. The summed E-state index contributed by atoms with van der Waals surface area (Å²) >= 11 is 5.97. The van der Waals surface area contributed by atoms with E-state index in [1.165, 1.54) is 0 Å². The standard InChI is InChI=1S/C16H23ClN2O3/c1-5-11(3)16(4,22)9-18-14(20)15(21)19-13-8-10(2)6-7-12(13)17/h6-8,11,22H,5,9H2,1-4H3,(H,18,20)(H,19,21). The maximum absolute atomic E-state index is 11.9. The molecule has 22 heavy (non-hydrogen) atoms. The lowest BCUT2D eigenvalue weighted by Gasteiger charge is -2.29. The average molecular weight is 327 g/mol. The fourth-order valence-electron chi connectivity index (χ4n) is 1.87. The van der Waals surface area contributed by atoms with E-state index in [4.69, 9.17) is 11.6 Å². The lowest BCUT2D eigenvalue weighted by molar-refractivity contribution is -0.137. The first-order valence-corrected chi connectivity index (χ1v) is 7.63. The summed E-state index contributed by atoms with van der Waals surface area (Å²) in [5, 5.41) is 15.5. The molecule has 122 valence electrons. The van der Waals surface area contributed by atoms with Gasteiger partial charge in [0.25, 0.3) is 0 Å². The quantitative estimate of drug-likeness (QED) is 0.727. The van der Waals surface area contributed by atoms with Gasteiger partial charge in [-0.05, 0) is 37.5 Å². The van der Waals surface area contributed by atoms with Crippen molar-refractivity contribution in [3.63, 3.8) is 0 Å². The van der Waals surface area contributed by atoms with Crippen LogP contribution in [0.1, 0.15) is 32.8 Å². The van der Waals surface area contributed by atoms with E-state index in [9.17, 15) is 14.7 Å². The van der Waals surface area contributed by atoms with E-state index in [2.05, 4.69) is 10.6 Å². The molecule has 0 radical (unpaired) electrons. The van der Waals surface area contributed by atoms with Crippen LogP contribution in [0.2, 0.25) is 5.02 Å². The number of halogens is 1. The average Bonchev–Trinajstić information content (AvgIpc) is 2.47. The lowest BCUT2D eigenvalue weighted by atomic mass is 9.89. The highest BCUT2D eigenvalue weighted by Crippen LogP contribution is 2.22. The molecule has 0 saturated heterocycles. The Hall–Kier alpha value is -1.59. The molecule has 0 heterocycles. The molecule has 5 nitrogen and oxygen atoms in total. The normalized spacial score (nSPS) is 14.8. The van der Waals surface area contributed by atoms with Crippen molar-refractivity contribution in [1.82, 2.24) is 5.32 Å². The third-order valence-corrected chi connectivity index (χ3v) is 4.19. The van der Waals surface area contributed by atoms with E-state index >= 15 is 0 Å². The Balaban J connectivity index is 2.63. The van der Waals surface area contributed by atoms with E-state index < -0.39 is 17.4 Å². The summed E-state index contributed by atoms with van der Waals surface area (Å²) in [6, 6.07) is 5.14. The number of carbonyl (C=O) groups is 2. The molecule has 0 bridgehead atoms. The molecule has 2 unspecified atom stereocenters. The van der Waals surface area contributed by atoms with Crippen LogP contribution in [0.4, 0.5) is 5.69 Å². The van der Waals surface area contributed by atoms with E-state index in [1.807, 2.05) is 20.8 Å². The molecule has 1 rings (SSSR count). The predicted molar refractivity (Wildman–Crippen MR) is 87.9 cm³/mol. The zero-order chi connectivity index (χ0) is 16.9. The van der Waals surface area contributed by atoms with Gasteiger partial charge < -0.3 is 15.7 Å². The number of aliphatic hydroxyl groups is 1. The smallest absolute Gasteiger partial charge is 0.313 e. The van der Waals surface area contributed by atoms with Crippen molar-refractivity contribution in [1.29, 1.82) is 0 Å². The van der Waals surface area contributed by atoms with Crippen LogP contribution in [0, 0.1) is 12.8 Å². The molecule has 0 spiro atoms. The largest absolute Gasteiger partial charge is 0.388 e. The maximum Gasteiger partial charge on any atom is 0.313 e. The second kappa shape index (κ2) is 7.61. The van der Waals surface area contributed by atoms with Gasteiger partial charge in [0, 0.05) is 6.54 Å². The lowest BCUT2D eigenvalue weighted by Crippen LogP contribution is -2.47. The number of rotatable bonds is 5. The Kier molecular flexibility index (Phi) is 6.38. The number of amides is 2. The Labute approximate surface area is 136 Å². The van der Waals surface area contributed by atoms with Gasteiger partial charge in [-0.3, -0.25) is 9.59 Å². The number of aryl methyl sites for hydroxylation is 1. The fourth-order valence-corrected chi connectivity index (χ4v) is 2.03. The third-order valence-electron chi connectivity index (χ3n) is 3.86. The minimum Gasteiger partial charge on any atom is -0.388 e. The Bertz CT molecular complexity index is 558. The van der Waals surface area contributed by atoms with Gasteiger partial charge in [-0.2, -0.15) is 0 Å². The molecule has 0 fully saturated rings. The summed E-state index contributed by atoms with van der Waals surface area (Å²) in [5.74, 6) is -1.62. The van der Waals surface area contributed by atoms with Gasteiger partial charge in [0.2, 0.25) is 0 Å². The van der Waals surface area contributed by atoms with Crippen molar-refractivity contribution in [2.24, 2.45) is 5.92 Å². The first-order chi connectivity index (χ1) is 10.2. The van der Waals surface area contributed by atoms with Crippen molar-refractivity contribution in [2.45, 2.75) is 39.7 Å².